The Kier molecular flexibility index (Phi) is 2.19. The van der Waals surface area contributed by atoms with Gasteiger partial charge in [0.15, 0.2) is 0 Å². The Morgan fingerprint density at radius 2 is 2.73 bits per heavy atom. The molecule has 1 unspecified atom stereocenters. The van der Waals surface area contributed by atoms with Gasteiger partial charge < -0.3 is 5.32 Å². The smallest absolute Gasteiger partial charge is 0.0794 e. The number of nitrogens with zero attached hydrogens (tertiary/aromatic N) is 1. The molecule has 1 aliphatic rings. The highest BCUT2D eigenvalue weighted by atomic mass is 32.1. The molecule has 1 aromatic heterocycles. The Morgan fingerprint density at radius 3 is 3.36 bits per heavy atom. The summed E-state index contributed by atoms with van der Waals surface area (Å²) in [5.41, 5.74) is 1.91. The molecule has 0 aliphatic carbocycles. The maximum atomic E-state index is 4.06. The van der Waals surface area contributed by atoms with Crippen LogP contribution in [-0.2, 0) is 6.42 Å². The Hall–Kier alpha value is -0.410. The van der Waals surface area contributed by atoms with Crippen LogP contribution in [0.4, 0.5) is 0 Å². The molecule has 2 rings (SSSR count). The van der Waals surface area contributed by atoms with Gasteiger partial charge in [-0.1, -0.05) is 0 Å². The van der Waals surface area contributed by atoms with Crippen molar-refractivity contribution in [2.24, 2.45) is 5.92 Å². The predicted molar refractivity (Wildman–Crippen MR) is 46.8 cm³/mol. The molecule has 3 heteroatoms. The van der Waals surface area contributed by atoms with E-state index < -0.39 is 0 Å². The summed E-state index contributed by atoms with van der Waals surface area (Å²) in [4.78, 5) is 5.49. The number of hydrogen-bond donors (Lipinski definition) is 1. The summed E-state index contributed by atoms with van der Waals surface area (Å²) in [5.74, 6) is 0.857. The largest absolute Gasteiger partial charge is 0.316 e. The van der Waals surface area contributed by atoms with E-state index in [9.17, 15) is 0 Å². The monoisotopic (exact) mass is 168 g/mol. The second-order valence-electron chi connectivity index (χ2n) is 3.03. The van der Waals surface area contributed by atoms with Crippen LogP contribution in [-0.4, -0.2) is 18.1 Å². The van der Waals surface area contributed by atoms with Crippen LogP contribution in [0, 0.1) is 5.92 Å². The molecule has 0 bridgehead atoms. The molecule has 2 nitrogen and oxygen atoms in total. The molecule has 0 spiro atoms. The molecular formula is C8H12N2S. The molecule has 1 fully saturated rings. The van der Waals surface area contributed by atoms with Crippen molar-refractivity contribution in [3.05, 3.63) is 16.6 Å². The third-order valence-electron chi connectivity index (χ3n) is 2.14. The SMILES string of the molecule is c1ncc(CC2CCNC2)s1. The number of nitrogens with one attached hydrogen (secondary N) is 1. The van der Waals surface area contributed by atoms with E-state index in [0.29, 0.717) is 0 Å². The fourth-order valence-electron chi connectivity index (χ4n) is 1.52. The Morgan fingerprint density at radius 1 is 1.73 bits per heavy atom. The molecule has 1 saturated heterocycles. The van der Waals surface area contributed by atoms with Crippen LogP contribution in [0.1, 0.15) is 11.3 Å². The van der Waals surface area contributed by atoms with Gasteiger partial charge >= 0.3 is 0 Å². The zero-order valence-corrected chi connectivity index (χ0v) is 7.23. The molecule has 0 aromatic carbocycles. The molecule has 0 radical (unpaired) electrons. The first-order valence-corrected chi connectivity index (χ1v) is 4.91. The molecule has 0 saturated carbocycles. The van der Waals surface area contributed by atoms with Gasteiger partial charge in [0.2, 0.25) is 0 Å². The van der Waals surface area contributed by atoms with Crippen molar-refractivity contribution >= 4 is 11.3 Å². The van der Waals surface area contributed by atoms with Crippen LogP contribution in [0.15, 0.2) is 11.7 Å². The molecule has 1 aliphatic heterocycles. The fourth-order valence-corrected chi connectivity index (χ4v) is 2.23. The normalized spacial score (nSPS) is 24.2. The zero-order valence-electron chi connectivity index (χ0n) is 6.42. The van der Waals surface area contributed by atoms with Gasteiger partial charge in [0.1, 0.15) is 0 Å². The van der Waals surface area contributed by atoms with Gasteiger partial charge in [-0.3, -0.25) is 4.98 Å². The summed E-state index contributed by atoms with van der Waals surface area (Å²) in [6.45, 7) is 2.39. The quantitative estimate of drug-likeness (QED) is 0.720. The topological polar surface area (TPSA) is 24.9 Å². The van der Waals surface area contributed by atoms with Gasteiger partial charge in [0, 0.05) is 11.1 Å². The van der Waals surface area contributed by atoms with E-state index in [4.69, 9.17) is 0 Å². The molecular weight excluding hydrogens is 156 g/mol. The van der Waals surface area contributed by atoms with Crippen molar-refractivity contribution in [2.45, 2.75) is 12.8 Å². The maximum Gasteiger partial charge on any atom is 0.0794 e. The Balaban J connectivity index is 1.90. The maximum absolute atomic E-state index is 4.06. The summed E-state index contributed by atoms with van der Waals surface area (Å²) in [7, 11) is 0. The van der Waals surface area contributed by atoms with Gasteiger partial charge in [0.25, 0.3) is 0 Å². The standard InChI is InChI=1S/C8H12N2S/c1-2-9-4-7(1)3-8-5-10-6-11-8/h5-7,9H,1-4H2. The second kappa shape index (κ2) is 3.32. The van der Waals surface area contributed by atoms with Crippen molar-refractivity contribution in [1.29, 1.82) is 0 Å². The third-order valence-corrected chi connectivity index (χ3v) is 2.94. The average molecular weight is 168 g/mol. The Bertz CT molecular complexity index is 202. The highest BCUT2D eigenvalue weighted by Gasteiger charge is 2.14. The first-order chi connectivity index (χ1) is 5.45. The summed E-state index contributed by atoms with van der Waals surface area (Å²) in [5, 5.41) is 3.37. The van der Waals surface area contributed by atoms with Crippen LogP contribution in [0.25, 0.3) is 0 Å². The molecule has 1 atom stereocenters. The molecule has 2 heterocycles. The van der Waals surface area contributed by atoms with Crippen LogP contribution in [0.5, 0.6) is 0 Å². The lowest BCUT2D eigenvalue weighted by atomic mass is 10.0. The van der Waals surface area contributed by atoms with Crippen molar-refractivity contribution < 1.29 is 0 Å². The third kappa shape index (κ3) is 1.79. The van der Waals surface area contributed by atoms with E-state index >= 15 is 0 Å². The number of aromatic nitrogens is 1. The molecule has 60 valence electrons. The van der Waals surface area contributed by atoms with Gasteiger partial charge in [-0.15, -0.1) is 11.3 Å². The summed E-state index contributed by atoms with van der Waals surface area (Å²) < 4.78 is 0. The highest BCUT2D eigenvalue weighted by molar-refractivity contribution is 7.09. The minimum absolute atomic E-state index is 0.857. The van der Waals surface area contributed by atoms with Crippen LogP contribution >= 0.6 is 11.3 Å². The summed E-state index contributed by atoms with van der Waals surface area (Å²) >= 11 is 1.77. The van der Waals surface area contributed by atoms with Crippen molar-refractivity contribution in [3.8, 4) is 0 Å². The van der Waals surface area contributed by atoms with E-state index in [1.54, 1.807) is 11.3 Å². The van der Waals surface area contributed by atoms with Crippen LogP contribution in [0.3, 0.4) is 0 Å². The lowest BCUT2D eigenvalue weighted by molar-refractivity contribution is 0.585. The van der Waals surface area contributed by atoms with E-state index in [2.05, 4.69) is 10.3 Å². The average Bonchev–Trinajstić information content (AvgIpc) is 2.60. The molecule has 1 aromatic rings. The lowest BCUT2D eigenvalue weighted by Crippen LogP contribution is -2.10. The highest BCUT2D eigenvalue weighted by Crippen LogP contribution is 2.17. The first kappa shape index (κ1) is 7.25. The van der Waals surface area contributed by atoms with Crippen molar-refractivity contribution in [3.63, 3.8) is 0 Å². The van der Waals surface area contributed by atoms with Crippen molar-refractivity contribution in [2.75, 3.05) is 13.1 Å². The molecule has 11 heavy (non-hydrogen) atoms. The van der Waals surface area contributed by atoms with E-state index in [1.165, 1.54) is 30.8 Å². The van der Waals surface area contributed by atoms with Crippen LogP contribution in [0.2, 0.25) is 0 Å². The molecule has 1 N–H and O–H groups in total. The number of rotatable bonds is 2. The van der Waals surface area contributed by atoms with Crippen molar-refractivity contribution in [1.82, 2.24) is 10.3 Å². The number of thiazole rings is 1. The summed E-state index contributed by atoms with van der Waals surface area (Å²) in [6, 6.07) is 0. The van der Waals surface area contributed by atoms with E-state index in [0.717, 1.165) is 5.92 Å². The van der Waals surface area contributed by atoms with Gasteiger partial charge in [0.05, 0.1) is 5.51 Å². The number of hydrogen-bond acceptors (Lipinski definition) is 3. The molecule has 0 amide bonds. The van der Waals surface area contributed by atoms with Crippen LogP contribution < -0.4 is 5.32 Å². The lowest BCUT2D eigenvalue weighted by Gasteiger charge is -2.03. The van der Waals surface area contributed by atoms with E-state index in [1.807, 2.05) is 11.7 Å². The minimum atomic E-state index is 0.857. The predicted octanol–water partition coefficient (Wildman–Crippen LogP) is 1.30. The summed E-state index contributed by atoms with van der Waals surface area (Å²) in [6.07, 6.45) is 4.54. The van der Waals surface area contributed by atoms with Gasteiger partial charge in [-0.2, -0.15) is 0 Å². The van der Waals surface area contributed by atoms with Gasteiger partial charge in [-0.25, -0.2) is 0 Å². The Labute approximate surface area is 70.7 Å². The van der Waals surface area contributed by atoms with E-state index in [-0.39, 0.29) is 0 Å². The second-order valence-corrected chi connectivity index (χ2v) is 4.00. The zero-order chi connectivity index (χ0) is 7.52. The minimum Gasteiger partial charge on any atom is -0.316 e. The first-order valence-electron chi connectivity index (χ1n) is 4.03. The van der Waals surface area contributed by atoms with Gasteiger partial charge in [-0.05, 0) is 31.8 Å². The fraction of sp³-hybridized carbons (Fsp3) is 0.625.